The number of aryl methyl sites for hydroxylation is 1. The third kappa shape index (κ3) is 3.86. The van der Waals surface area contributed by atoms with Crippen LogP contribution in [0.3, 0.4) is 0 Å². The van der Waals surface area contributed by atoms with Crippen LogP contribution in [-0.2, 0) is 17.8 Å². The van der Waals surface area contributed by atoms with Crippen LogP contribution in [-0.4, -0.2) is 66.6 Å². The van der Waals surface area contributed by atoms with Crippen molar-refractivity contribution in [1.29, 1.82) is 0 Å². The van der Waals surface area contributed by atoms with Gasteiger partial charge in [0.1, 0.15) is 5.69 Å². The fourth-order valence-electron chi connectivity index (χ4n) is 5.05. The highest BCUT2D eigenvalue weighted by Crippen LogP contribution is 2.45. The number of aromatic nitrogens is 1. The fourth-order valence-corrected chi connectivity index (χ4v) is 5.79. The van der Waals surface area contributed by atoms with Crippen molar-refractivity contribution in [1.82, 2.24) is 14.4 Å². The highest BCUT2D eigenvalue weighted by Gasteiger charge is 2.31. The molecule has 2 aromatic heterocycles. The first-order valence-corrected chi connectivity index (χ1v) is 12.5. The molecule has 0 aliphatic carbocycles. The molecule has 0 unspecified atom stereocenters. The average molecular weight is 480 g/mol. The molecule has 0 radical (unpaired) electrons. The van der Waals surface area contributed by atoms with Crippen molar-refractivity contribution in [2.24, 2.45) is 0 Å². The molecule has 178 valence electrons. The number of carbonyl (C=O) groups is 2. The van der Waals surface area contributed by atoms with E-state index >= 15 is 0 Å². The molecule has 0 spiro atoms. The van der Waals surface area contributed by atoms with Gasteiger partial charge in [-0.15, -0.1) is 11.3 Å². The number of ether oxygens (including phenoxy) is 2. The Labute approximate surface area is 203 Å². The van der Waals surface area contributed by atoms with E-state index in [1.165, 1.54) is 5.56 Å². The molecule has 8 heteroatoms. The maximum atomic E-state index is 13.8. The first-order valence-electron chi connectivity index (χ1n) is 11.6. The van der Waals surface area contributed by atoms with Gasteiger partial charge in [-0.2, -0.15) is 0 Å². The van der Waals surface area contributed by atoms with Crippen LogP contribution < -0.4 is 9.47 Å². The minimum Gasteiger partial charge on any atom is -0.493 e. The number of hydrogen-bond acceptors (Lipinski definition) is 5. The van der Waals surface area contributed by atoms with Gasteiger partial charge in [-0.1, -0.05) is 6.07 Å². The van der Waals surface area contributed by atoms with E-state index in [-0.39, 0.29) is 11.8 Å². The van der Waals surface area contributed by atoms with Crippen LogP contribution in [0.2, 0.25) is 0 Å². The largest absolute Gasteiger partial charge is 0.493 e. The van der Waals surface area contributed by atoms with Crippen LogP contribution >= 0.6 is 11.3 Å². The molecule has 1 aromatic carbocycles. The first kappa shape index (κ1) is 22.5. The number of carbonyl (C=O) groups excluding carboxylic acids is 2. The Hall–Kier alpha value is -3.26. The quantitative estimate of drug-likeness (QED) is 0.564. The topological polar surface area (TPSA) is 64.0 Å². The molecular weight excluding hydrogens is 450 g/mol. The summed E-state index contributed by atoms with van der Waals surface area (Å²) in [6, 6.07) is 10.3. The number of benzene rings is 1. The lowest BCUT2D eigenvalue weighted by Crippen LogP contribution is -2.37. The molecule has 2 aliphatic heterocycles. The molecule has 5 rings (SSSR count). The van der Waals surface area contributed by atoms with Crippen LogP contribution in [0.4, 0.5) is 0 Å². The van der Waals surface area contributed by atoms with E-state index in [2.05, 4.69) is 22.1 Å². The molecule has 1 fully saturated rings. The number of methoxy groups -OCH3 is 2. The maximum Gasteiger partial charge on any atom is 0.270 e. The van der Waals surface area contributed by atoms with Gasteiger partial charge in [0.2, 0.25) is 5.91 Å². The zero-order valence-corrected chi connectivity index (χ0v) is 20.6. The smallest absolute Gasteiger partial charge is 0.270 e. The van der Waals surface area contributed by atoms with Gasteiger partial charge in [0.05, 0.1) is 19.9 Å². The predicted molar refractivity (Wildman–Crippen MR) is 133 cm³/mol. The molecule has 2 aliphatic rings. The lowest BCUT2D eigenvalue weighted by molar-refractivity contribution is -0.128. The number of fused-ring (bicyclic) bond motifs is 3. The summed E-state index contributed by atoms with van der Waals surface area (Å²) in [7, 11) is 3.29. The molecule has 4 heterocycles. The summed E-state index contributed by atoms with van der Waals surface area (Å²) in [5.41, 5.74) is 5.08. The molecule has 0 atom stereocenters. The third-order valence-corrected chi connectivity index (χ3v) is 7.70. The van der Waals surface area contributed by atoms with Gasteiger partial charge in [-0.3, -0.25) is 9.59 Å². The minimum absolute atomic E-state index is 0.0263. The molecule has 7 nitrogen and oxygen atoms in total. The monoisotopic (exact) mass is 479 g/mol. The van der Waals surface area contributed by atoms with E-state index in [4.69, 9.17) is 9.47 Å². The van der Waals surface area contributed by atoms with Crippen molar-refractivity contribution in [3.63, 3.8) is 0 Å². The minimum atomic E-state index is 0.0263. The van der Waals surface area contributed by atoms with E-state index in [9.17, 15) is 9.59 Å². The molecule has 3 aromatic rings. The molecule has 0 saturated carbocycles. The Morgan fingerprint density at radius 2 is 1.65 bits per heavy atom. The number of amides is 2. The van der Waals surface area contributed by atoms with E-state index in [1.807, 2.05) is 28.0 Å². The summed E-state index contributed by atoms with van der Waals surface area (Å²) in [5, 5.41) is 2.06. The van der Waals surface area contributed by atoms with Gasteiger partial charge in [-0.25, -0.2) is 0 Å². The summed E-state index contributed by atoms with van der Waals surface area (Å²) in [6.07, 6.45) is 1.59. The lowest BCUT2D eigenvalue weighted by Gasteiger charge is -2.26. The second-order valence-corrected chi connectivity index (χ2v) is 9.63. The Morgan fingerprint density at radius 3 is 2.35 bits per heavy atom. The molecule has 2 amide bonds. The number of thiophene rings is 1. The highest BCUT2D eigenvalue weighted by atomic mass is 32.1. The third-order valence-electron chi connectivity index (χ3n) is 6.80. The van der Waals surface area contributed by atoms with E-state index < -0.39 is 0 Å². The summed E-state index contributed by atoms with van der Waals surface area (Å²) in [5.74, 6) is 1.49. The zero-order valence-electron chi connectivity index (χ0n) is 19.8. The predicted octanol–water partition coefficient (Wildman–Crippen LogP) is 4.15. The average Bonchev–Trinajstić information content (AvgIpc) is 3.44. The second-order valence-electron chi connectivity index (χ2n) is 8.69. The zero-order chi connectivity index (χ0) is 23.8. The Morgan fingerprint density at radius 1 is 0.912 bits per heavy atom. The second kappa shape index (κ2) is 9.18. The van der Waals surface area contributed by atoms with Crippen molar-refractivity contribution in [3.05, 3.63) is 47.0 Å². The summed E-state index contributed by atoms with van der Waals surface area (Å²) < 4.78 is 13.3. The van der Waals surface area contributed by atoms with E-state index in [0.29, 0.717) is 37.6 Å². The highest BCUT2D eigenvalue weighted by molar-refractivity contribution is 7.13. The van der Waals surface area contributed by atoms with Crippen LogP contribution in [0.1, 0.15) is 29.4 Å². The van der Waals surface area contributed by atoms with Crippen molar-refractivity contribution in [2.45, 2.75) is 26.3 Å². The molecule has 34 heavy (non-hydrogen) atoms. The Balaban J connectivity index is 1.59. The summed E-state index contributed by atoms with van der Waals surface area (Å²) in [6.45, 7) is 4.79. The Bertz CT molecular complexity index is 1230. The molecule has 1 saturated heterocycles. The van der Waals surface area contributed by atoms with Crippen molar-refractivity contribution < 1.29 is 19.1 Å². The van der Waals surface area contributed by atoms with Crippen LogP contribution in [0.15, 0.2) is 35.7 Å². The van der Waals surface area contributed by atoms with Gasteiger partial charge in [0.15, 0.2) is 11.5 Å². The van der Waals surface area contributed by atoms with Crippen molar-refractivity contribution in [2.75, 3.05) is 40.4 Å². The van der Waals surface area contributed by atoms with E-state index in [0.717, 1.165) is 46.8 Å². The van der Waals surface area contributed by atoms with Gasteiger partial charge < -0.3 is 23.8 Å². The van der Waals surface area contributed by atoms with Gasteiger partial charge in [-0.05, 0) is 48.1 Å². The summed E-state index contributed by atoms with van der Waals surface area (Å²) >= 11 is 1.67. The summed E-state index contributed by atoms with van der Waals surface area (Å²) in [4.78, 5) is 30.5. The van der Waals surface area contributed by atoms with Crippen LogP contribution in [0.25, 0.3) is 21.7 Å². The normalized spacial score (nSPS) is 15.4. The maximum absolute atomic E-state index is 13.8. The SMILES string of the molecule is COc1cc2c(cc1OC)-c1c(-c3cccs3)cc(C(=O)N3CCCN(C(C)=O)CC3)n1CC2. The van der Waals surface area contributed by atoms with E-state index in [1.54, 1.807) is 32.5 Å². The van der Waals surface area contributed by atoms with Crippen LogP contribution in [0.5, 0.6) is 11.5 Å². The van der Waals surface area contributed by atoms with Crippen molar-refractivity contribution >= 4 is 23.2 Å². The van der Waals surface area contributed by atoms with Crippen LogP contribution in [0, 0.1) is 0 Å². The van der Waals surface area contributed by atoms with Crippen molar-refractivity contribution in [3.8, 4) is 33.2 Å². The molecule has 0 bridgehead atoms. The Kier molecular flexibility index (Phi) is 6.08. The lowest BCUT2D eigenvalue weighted by atomic mass is 9.95. The fraction of sp³-hybridized carbons (Fsp3) is 0.385. The first-order chi connectivity index (χ1) is 16.5. The number of nitrogens with zero attached hydrogens (tertiary/aromatic N) is 3. The molecular formula is C26H29N3O4S. The number of rotatable bonds is 4. The van der Waals surface area contributed by atoms with Gasteiger partial charge in [0.25, 0.3) is 5.91 Å². The number of hydrogen-bond donors (Lipinski definition) is 0. The molecule has 0 N–H and O–H groups in total. The van der Waals surface area contributed by atoms with Gasteiger partial charge in [0, 0.05) is 55.7 Å². The standard InChI is InChI=1S/C26H29N3O4S/c1-17(30)27-8-5-9-28(12-11-27)26(31)21-15-20(24-6-4-13-34-24)25-19-16-23(33-3)22(32-2)14-18(19)7-10-29(21)25/h4,6,13-16H,5,7-12H2,1-3H3. The van der Waals surface area contributed by atoms with Gasteiger partial charge >= 0.3 is 0 Å².